The first kappa shape index (κ1) is 15.7. The zero-order valence-electron chi connectivity index (χ0n) is 13.7. The fraction of sp³-hybridized carbons (Fsp3) is 0.471. The molecule has 1 aromatic heterocycles. The van der Waals surface area contributed by atoms with Crippen molar-refractivity contribution in [1.82, 2.24) is 20.4 Å². The molecule has 1 N–H and O–H groups in total. The van der Waals surface area contributed by atoms with Crippen molar-refractivity contribution in [3.8, 4) is 0 Å². The van der Waals surface area contributed by atoms with Crippen molar-refractivity contribution < 1.29 is 9.32 Å². The molecule has 0 radical (unpaired) electrons. The van der Waals surface area contributed by atoms with Crippen molar-refractivity contribution in [2.24, 2.45) is 0 Å². The Balaban J connectivity index is 1.65. The highest BCUT2D eigenvalue weighted by atomic mass is 16.5. The smallest absolute Gasteiger partial charge is 0.251 e. The van der Waals surface area contributed by atoms with Crippen molar-refractivity contribution in [1.29, 1.82) is 0 Å². The molecule has 0 saturated carbocycles. The van der Waals surface area contributed by atoms with Gasteiger partial charge in [0.05, 0.1) is 6.04 Å². The van der Waals surface area contributed by atoms with Gasteiger partial charge in [0.25, 0.3) is 5.91 Å². The third kappa shape index (κ3) is 3.42. The maximum Gasteiger partial charge on any atom is 0.251 e. The molecule has 122 valence electrons. The van der Waals surface area contributed by atoms with Crippen molar-refractivity contribution in [2.75, 3.05) is 13.6 Å². The second-order valence-electron chi connectivity index (χ2n) is 6.37. The molecule has 6 heteroatoms. The molecule has 1 aliphatic rings. The van der Waals surface area contributed by atoms with Crippen molar-refractivity contribution in [2.45, 2.75) is 38.3 Å². The Morgan fingerprint density at radius 3 is 2.74 bits per heavy atom. The fourth-order valence-electron chi connectivity index (χ4n) is 2.87. The van der Waals surface area contributed by atoms with E-state index in [1.165, 1.54) is 0 Å². The predicted molar refractivity (Wildman–Crippen MR) is 86.1 cm³/mol. The van der Waals surface area contributed by atoms with Crippen LogP contribution in [-0.2, 0) is 0 Å². The highest BCUT2D eigenvalue weighted by molar-refractivity contribution is 5.94. The van der Waals surface area contributed by atoms with Crippen LogP contribution in [0.1, 0.15) is 54.3 Å². The molecule has 1 amide bonds. The lowest BCUT2D eigenvalue weighted by molar-refractivity contribution is 0.0938. The molecular weight excluding hydrogens is 292 g/mol. The summed E-state index contributed by atoms with van der Waals surface area (Å²) in [6.45, 7) is 4.84. The largest absolute Gasteiger partial charge is 0.348 e. The number of carbonyl (C=O) groups excluding carboxylic acids is 1. The second-order valence-corrected chi connectivity index (χ2v) is 6.37. The van der Waals surface area contributed by atoms with Gasteiger partial charge in [0.2, 0.25) is 5.89 Å². The summed E-state index contributed by atoms with van der Waals surface area (Å²) in [4.78, 5) is 18.9. The van der Waals surface area contributed by atoms with Gasteiger partial charge in [-0.15, -0.1) is 0 Å². The summed E-state index contributed by atoms with van der Waals surface area (Å²) >= 11 is 0. The van der Waals surface area contributed by atoms with Crippen LogP contribution >= 0.6 is 0 Å². The average molecular weight is 314 g/mol. The monoisotopic (exact) mass is 314 g/mol. The van der Waals surface area contributed by atoms with E-state index >= 15 is 0 Å². The topological polar surface area (TPSA) is 71.3 Å². The van der Waals surface area contributed by atoms with E-state index in [0.717, 1.165) is 18.8 Å². The number of hydrogen-bond acceptors (Lipinski definition) is 5. The maximum atomic E-state index is 12.3. The van der Waals surface area contributed by atoms with Gasteiger partial charge in [0.1, 0.15) is 0 Å². The number of rotatable bonds is 4. The van der Waals surface area contributed by atoms with Gasteiger partial charge in [-0.2, -0.15) is 4.98 Å². The SMILES string of the molecule is CC(C)c1noc(C2CC(NC(=O)c3ccccc3)CN2C)n1. The van der Waals surface area contributed by atoms with Crippen LogP contribution in [0.5, 0.6) is 0 Å². The van der Waals surface area contributed by atoms with E-state index in [-0.39, 0.29) is 23.9 Å². The van der Waals surface area contributed by atoms with Crippen LogP contribution in [0.25, 0.3) is 0 Å². The van der Waals surface area contributed by atoms with Gasteiger partial charge in [-0.3, -0.25) is 9.69 Å². The van der Waals surface area contributed by atoms with Crippen molar-refractivity contribution in [3.63, 3.8) is 0 Å². The fourth-order valence-corrected chi connectivity index (χ4v) is 2.87. The number of aromatic nitrogens is 2. The Morgan fingerprint density at radius 2 is 2.09 bits per heavy atom. The van der Waals surface area contributed by atoms with Crippen LogP contribution in [0.15, 0.2) is 34.9 Å². The zero-order valence-corrected chi connectivity index (χ0v) is 13.7. The quantitative estimate of drug-likeness (QED) is 0.938. The maximum absolute atomic E-state index is 12.3. The van der Waals surface area contributed by atoms with Crippen LogP contribution in [0.4, 0.5) is 0 Å². The zero-order chi connectivity index (χ0) is 16.4. The second kappa shape index (κ2) is 6.50. The summed E-state index contributed by atoms with van der Waals surface area (Å²) in [6.07, 6.45) is 0.773. The first-order valence-corrected chi connectivity index (χ1v) is 7.94. The van der Waals surface area contributed by atoms with Gasteiger partial charge in [-0.1, -0.05) is 37.2 Å². The lowest BCUT2D eigenvalue weighted by atomic mass is 10.1. The number of likely N-dealkylation sites (tertiary alicyclic amines) is 1. The average Bonchev–Trinajstić information content (AvgIpc) is 3.15. The predicted octanol–water partition coefficient (Wildman–Crippen LogP) is 2.37. The third-order valence-corrected chi connectivity index (χ3v) is 4.18. The molecule has 2 heterocycles. The Labute approximate surface area is 135 Å². The van der Waals surface area contributed by atoms with E-state index < -0.39 is 0 Å². The van der Waals surface area contributed by atoms with Crippen molar-refractivity contribution in [3.05, 3.63) is 47.6 Å². The normalized spacial score (nSPS) is 21.7. The van der Waals surface area contributed by atoms with Crippen LogP contribution < -0.4 is 5.32 Å². The molecule has 6 nitrogen and oxygen atoms in total. The Kier molecular flexibility index (Phi) is 4.43. The highest BCUT2D eigenvalue weighted by Gasteiger charge is 2.35. The molecule has 2 aromatic rings. The molecule has 2 unspecified atom stereocenters. The highest BCUT2D eigenvalue weighted by Crippen LogP contribution is 2.30. The lowest BCUT2D eigenvalue weighted by Gasteiger charge is -2.14. The van der Waals surface area contributed by atoms with Gasteiger partial charge in [-0.05, 0) is 25.6 Å². The van der Waals surface area contributed by atoms with Crippen molar-refractivity contribution >= 4 is 5.91 Å². The van der Waals surface area contributed by atoms with E-state index in [4.69, 9.17) is 4.52 Å². The Hall–Kier alpha value is -2.21. The number of likely N-dealkylation sites (N-methyl/N-ethyl adjacent to an activating group) is 1. The number of hydrogen-bond donors (Lipinski definition) is 1. The summed E-state index contributed by atoms with van der Waals surface area (Å²) in [7, 11) is 2.01. The molecule has 0 spiro atoms. The first-order valence-electron chi connectivity index (χ1n) is 7.94. The minimum atomic E-state index is -0.0435. The molecule has 1 fully saturated rings. The van der Waals surface area contributed by atoms with E-state index in [1.54, 1.807) is 0 Å². The molecule has 0 aliphatic carbocycles. The minimum absolute atomic E-state index is 0.0435. The van der Waals surface area contributed by atoms with Crippen LogP contribution in [0.3, 0.4) is 0 Å². The lowest BCUT2D eigenvalue weighted by Crippen LogP contribution is -2.36. The molecule has 23 heavy (non-hydrogen) atoms. The van der Waals surface area contributed by atoms with Crippen LogP contribution in [0.2, 0.25) is 0 Å². The minimum Gasteiger partial charge on any atom is -0.348 e. The van der Waals surface area contributed by atoms with Gasteiger partial charge < -0.3 is 9.84 Å². The van der Waals surface area contributed by atoms with Crippen LogP contribution in [-0.4, -0.2) is 40.6 Å². The number of benzene rings is 1. The van der Waals surface area contributed by atoms with E-state index in [0.29, 0.717) is 11.5 Å². The number of carbonyl (C=O) groups is 1. The molecular formula is C17H22N4O2. The summed E-state index contributed by atoms with van der Waals surface area (Å²) < 4.78 is 5.40. The Morgan fingerprint density at radius 1 is 1.35 bits per heavy atom. The third-order valence-electron chi connectivity index (χ3n) is 4.18. The number of nitrogens with zero attached hydrogens (tertiary/aromatic N) is 3. The molecule has 1 saturated heterocycles. The molecule has 1 aliphatic heterocycles. The van der Waals surface area contributed by atoms with Gasteiger partial charge in [0, 0.05) is 24.1 Å². The molecule has 0 bridgehead atoms. The summed E-state index contributed by atoms with van der Waals surface area (Å²) in [5, 5.41) is 7.11. The number of amides is 1. The van der Waals surface area contributed by atoms with Gasteiger partial charge in [0.15, 0.2) is 5.82 Å². The molecule has 2 atom stereocenters. The summed E-state index contributed by atoms with van der Waals surface area (Å²) in [5.74, 6) is 1.56. The van der Waals surface area contributed by atoms with E-state index in [9.17, 15) is 4.79 Å². The van der Waals surface area contributed by atoms with Gasteiger partial charge in [-0.25, -0.2) is 0 Å². The van der Waals surface area contributed by atoms with Gasteiger partial charge >= 0.3 is 0 Å². The standard InChI is InChI=1S/C17H22N4O2/c1-11(2)15-19-17(23-20-15)14-9-13(10-21(14)3)18-16(22)12-7-5-4-6-8-12/h4-8,11,13-14H,9-10H2,1-3H3,(H,18,22). The van der Waals surface area contributed by atoms with Crippen LogP contribution in [0, 0.1) is 0 Å². The number of nitrogens with one attached hydrogen (secondary N) is 1. The summed E-state index contributed by atoms with van der Waals surface area (Å²) in [5.41, 5.74) is 0.679. The molecule has 1 aromatic carbocycles. The summed E-state index contributed by atoms with van der Waals surface area (Å²) in [6, 6.07) is 9.40. The first-order chi connectivity index (χ1) is 11.0. The van der Waals surface area contributed by atoms with E-state index in [2.05, 4.69) is 20.4 Å². The Bertz CT molecular complexity index is 668. The van der Waals surface area contributed by atoms with E-state index in [1.807, 2.05) is 51.2 Å². The molecule has 3 rings (SSSR count).